The summed E-state index contributed by atoms with van der Waals surface area (Å²) in [5.41, 5.74) is 1.24. The van der Waals surface area contributed by atoms with Crippen LogP contribution in [0.1, 0.15) is 21.7 Å². The number of hydrogen-bond acceptors (Lipinski definition) is 4. The highest BCUT2D eigenvalue weighted by molar-refractivity contribution is 6.30. The molecular formula is C20H19ClF6N4O2. The summed E-state index contributed by atoms with van der Waals surface area (Å²) in [6.45, 7) is -1.13. The van der Waals surface area contributed by atoms with Gasteiger partial charge in [-0.15, -0.1) is 0 Å². The van der Waals surface area contributed by atoms with Crippen molar-refractivity contribution < 1.29 is 35.9 Å². The molecule has 0 saturated heterocycles. The molecule has 0 fully saturated rings. The molecular weight excluding hydrogens is 478 g/mol. The van der Waals surface area contributed by atoms with Crippen LogP contribution in [-0.4, -0.2) is 58.7 Å². The molecule has 33 heavy (non-hydrogen) atoms. The number of aromatic nitrogens is 2. The number of hydrogen-bond donors (Lipinski definition) is 1. The Morgan fingerprint density at radius 3 is 2.61 bits per heavy atom. The second kappa shape index (κ2) is 8.71. The standard InChI is InChI=1S/C20H19ClF6N4O2/c21-12-1-2-16-11(5-12)6-13(10-33-16)28-18(32)15-7-14-8-30(3-4-31(14)29-15)9-17(19(22,23)24)20(25,26)27/h1-2,5,7,13,17H,3-4,6,8-10H2,(H,28,32)/t13-/m1/s1. The molecule has 3 heterocycles. The number of ether oxygens (including phenoxy) is 1. The number of carbonyl (C=O) groups excluding carboxylic acids is 1. The zero-order valence-electron chi connectivity index (χ0n) is 17.0. The van der Waals surface area contributed by atoms with Crippen molar-refractivity contribution in [1.29, 1.82) is 0 Å². The molecule has 1 amide bonds. The average molecular weight is 497 g/mol. The lowest BCUT2D eigenvalue weighted by atomic mass is 10.0. The van der Waals surface area contributed by atoms with E-state index in [0.717, 1.165) is 10.5 Å². The summed E-state index contributed by atoms with van der Waals surface area (Å²) in [5, 5.41) is 7.49. The van der Waals surface area contributed by atoms with Gasteiger partial charge >= 0.3 is 12.4 Å². The molecule has 1 aromatic heterocycles. The summed E-state index contributed by atoms with van der Waals surface area (Å²) in [6, 6.07) is 6.22. The number of carbonyl (C=O) groups is 1. The van der Waals surface area contributed by atoms with Gasteiger partial charge in [0, 0.05) is 24.7 Å². The third-order valence-corrected chi connectivity index (χ3v) is 5.84. The van der Waals surface area contributed by atoms with Crippen LogP contribution >= 0.6 is 11.6 Å². The highest BCUT2D eigenvalue weighted by atomic mass is 35.5. The molecule has 180 valence electrons. The molecule has 2 aliphatic heterocycles. The third-order valence-electron chi connectivity index (χ3n) is 5.60. The largest absolute Gasteiger partial charge is 0.491 e. The molecule has 1 aromatic carbocycles. The lowest BCUT2D eigenvalue weighted by molar-refractivity contribution is -0.287. The van der Waals surface area contributed by atoms with Crippen LogP contribution in [0.4, 0.5) is 26.3 Å². The number of nitrogens with one attached hydrogen (secondary N) is 1. The van der Waals surface area contributed by atoms with E-state index in [9.17, 15) is 31.1 Å². The Morgan fingerprint density at radius 1 is 1.18 bits per heavy atom. The highest BCUT2D eigenvalue weighted by Crippen LogP contribution is 2.40. The van der Waals surface area contributed by atoms with Gasteiger partial charge in [0.15, 0.2) is 11.6 Å². The van der Waals surface area contributed by atoms with Crippen molar-refractivity contribution in [2.75, 3.05) is 19.7 Å². The van der Waals surface area contributed by atoms with Crippen molar-refractivity contribution in [3.05, 3.63) is 46.2 Å². The number of alkyl halides is 6. The summed E-state index contributed by atoms with van der Waals surface area (Å²) in [4.78, 5) is 13.7. The van der Waals surface area contributed by atoms with Crippen LogP contribution in [0.5, 0.6) is 5.75 Å². The maximum atomic E-state index is 12.9. The zero-order chi connectivity index (χ0) is 24.0. The number of halogens is 7. The van der Waals surface area contributed by atoms with Crippen molar-refractivity contribution in [3.8, 4) is 5.75 Å². The molecule has 0 saturated carbocycles. The summed E-state index contributed by atoms with van der Waals surface area (Å²) in [7, 11) is 0. The van der Waals surface area contributed by atoms with E-state index in [1.165, 1.54) is 10.7 Å². The first-order valence-corrected chi connectivity index (χ1v) is 10.4. The fourth-order valence-electron chi connectivity index (χ4n) is 3.95. The number of nitrogens with zero attached hydrogens (tertiary/aromatic N) is 3. The van der Waals surface area contributed by atoms with E-state index < -0.39 is 30.7 Å². The molecule has 13 heteroatoms. The first-order valence-electron chi connectivity index (χ1n) is 10.0. The van der Waals surface area contributed by atoms with Crippen LogP contribution in [0.25, 0.3) is 0 Å². The van der Waals surface area contributed by atoms with Gasteiger partial charge in [0.25, 0.3) is 5.91 Å². The quantitative estimate of drug-likeness (QED) is 0.654. The van der Waals surface area contributed by atoms with Crippen LogP contribution in [-0.2, 0) is 19.5 Å². The predicted molar refractivity (Wildman–Crippen MR) is 105 cm³/mol. The van der Waals surface area contributed by atoms with Gasteiger partial charge in [-0.2, -0.15) is 31.4 Å². The van der Waals surface area contributed by atoms with E-state index in [1.807, 2.05) is 0 Å². The van der Waals surface area contributed by atoms with Crippen LogP contribution < -0.4 is 10.1 Å². The average Bonchev–Trinajstić information content (AvgIpc) is 3.13. The molecule has 4 rings (SSSR count). The van der Waals surface area contributed by atoms with E-state index in [1.54, 1.807) is 18.2 Å². The zero-order valence-corrected chi connectivity index (χ0v) is 17.8. The minimum absolute atomic E-state index is 0.0342. The lowest BCUT2D eigenvalue weighted by Gasteiger charge is -2.32. The number of fused-ring (bicyclic) bond motifs is 2. The monoisotopic (exact) mass is 496 g/mol. The van der Waals surface area contributed by atoms with Gasteiger partial charge in [-0.3, -0.25) is 14.4 Å². The molecule has 0 bridgehead atoms. The van der Waals surface area contributed by atoms with Gasteiger partial charge < -0.3 is 10.1 Å². The van der Waals surface area contributed by atoms with Gasteiger partial charge in [0.2, 0.25) is 0 Å². The van der Waals surface area contributed by atoms with E-state index >= 15 is 0 Å². The topological polar surface area (TPSA) is 59.4 Å². The maximum Gasteiger partial charge on any atom is 0.401 e. The normalized spacial score (nSPS) is 19.1. The highest BCUT2D eigenvalue weighted by Gasteiger charge is 2.57. The third kappa shape index (κ3) is 5.37. The van der Waals surface area contributed by atoms with Crippen molar-refractivity contribution in [1.82, 2.24) is 20.0 Å². The minimum Gasteiger partial charge on any atom is -0.491 e. The first-order chi connectivity index (χ1) is 15.4. The van der Waals surface area contributed by atoms with Crippen LogP contribution in [0.3, 0.4) is 0 Å². The molecule has 2 aliphatic rings. The van der Waals surface area contributed by atoms with Gasteiger partial charge in [-0.1, -0.05) is 11.6 Å². The fourth-order valence-corrected chi connectivity index (χ4v) is 4.15. The Bertz CT molecular complexity index is 1020. The molecule has 0 radical (unpaired) electrons. The van der Waals surface area contributed by atoms with Crippen LogP contribution in [0, 0.1) is 5.92 Å². The molecule has 1 N–H and O–H groups in total. The van der Waals surface area contributed by atoms with Crippen molar-refractivity contribution in [2.45, 2.75) is 37.9 Å². The second-order valence-corrected chi connectivity index (χ2v) is 8.49. The lowest BCUT2D eigenvalue weighted by Crippen LogP contribution is -2.47. The minimum atomic E-state index is -5.40. The Kier molecular flexibility index (Phi) is 6.25. The Hall–Kier alpha value is -2.47. The van der Waals surface area contributed by atoms with Gasteiger partial charge in [0.05, 0.1) is 18.3 Å². The number of amides is 1. The summed E-state index contributed by atoms with van der Waals surface area (Å²) < 4.78 is 84.3. The SMILES string of the molecule is O=C(N[C@H]1COc2ccc(Cl)cc2C1)c1cc2n(n1)CCN(CC(C(F)(F)F)C(F)(F)F)C2. The molecule has 0 unspecified atom stereocenters. The molecule has 6 nitrogen and oxygen atoms in total. The van der Waals surface area contributed by atoms with Crippen molar-refractivity contribution in [3.63, 3.8) is 0 Å². The summed E-state index contributed by atoms with van der Waals surface area (Å²) in [6.07, 6.45) is -10.3. The summed E-state index contributed by atoms with van der Waals surface area (Å²) in [5.74, 6) is -3.27. The van der Waals surface area contributed by atoms with Crippen molar-refractivity contribution in [2.24, 2.45) is 5.92 Å². The predicted octanol–water partition coefficient (Wildman–Crippen LogP) is 3.83. The van der Waals surface area contributed by atoms with Crippen LogP contribution in [0.15, 0.2) is 24.3 Å². The Labute approximate surface area is 189 Å². The van der Waals surface area contributed by atoms with E-state index in [4.69, 9.17) is 16.3 Å². The van der Waals surface area contributed by atoms with Crippen LogP contribution in [0.2, 0.25) is 5.02 Å². The Balaban J connectivity index is 1.40. The van der Waals surface area contributed by atoms with E-state index in [2.05, 4.69) is 10.4 Å². The van der Waals surface area contributed by atoms with Gasteiger partial charge in [-0.05, 0) is 36.2 Å². The number of rotatable bonds is 4. The smallest absolute Gasteiger partial charge is 0.401 e. The first kappa shape index (κ1) is 23.7. The second-order valence-electron chi connectivity index (χ2n) is 8.05. The maximum absolute atomic E-state index is 12.9. The molecule has 1 atom stereocenters. The van der Waals surface area contributed by atoms with E-state index in [-0.39, 0.29) is 38.0 Å². The molecule has 0 spiro atoms. The Morgan fingerprint density at radius 2 is 1.91 bits per heavy atom. The summed E-state index contributed by atoms with van der Waals surface area (Å²) >= 11 is 5.99. The molecule has 2 aromatic rings. The van der Waals surface area contributed by atoms with E-state index in [0.29, 0.717) is 22.9 Å². The van der Waals surface area contributed by atoms with Gasteiger partial charge in [0.1, 0.15) is 12.4 Å². The van der Waals surface area contributed by atoms with Gasteiger partial charge in [-0.25, -0.2) is 0 Å². The molecule has 0 aliphatic carbocycles. The fraction of sp³-hybridized carbons (Fsp3) is 0.500. The van der Waals surface area contributed by atoms with Crippen molar-refractivity contribution >= 4 is 17.5 Å². The number of benzene rings is 1.